The van der Waals surface area contributed by atoms with E-state index < -0.39 is 41.8 Å². The first-order valence-corrected chi connectivity index (χ1v) is 11.8. The van der Waals surface area contributed by atoms with Crippen molar-refractivity contribution in [2.45, 2.75) is 50.1 Å². The van der Waals surface area contributed by atoms with Crippen molar-refractivity contribution in [1.29, 1.82) is 0 Å². The topological polar surface area (TPSA) is 83.0 Å². The van der Waals surface area contributed by atoms with Crippen LogP contribution in [0.25, 0.3) is 0 Å². The van der Waals surface area contributed by atoms with Gasteiger partial charge in [0.1, 0.15) is 17.5 Å². The molecule has 190 valence electrons. The molecule has 3 atom stereocenters. The summed E-state index contributed by atoms with van der Waals surface area (Å²) in [6.07, 6.45) is 3.72. The monoisotopic (exact) mass is 503 g/mol. The molecule has 1 saturated heterocycles. The van der Waals surface area contributed by atoms with Crippen LogP contribution in [0.15, 0.2) is 47.5 Å². The zero-order valence-electron chi connectivity index (χ0n) is 19.5. The first-order valence-electron chi connectivity index (χ1n) is 11.8. The third-order valence-electron chi connectivity index (χ3n) is 7.10. The summed E-state index contributed by atoms with van der Waals surface area (Å²) >= 11 is 0. The molecule has 2 aromatic heterocycles. The van der Waals surface area contributed by atoms with Crippen molar-refractivity contribution in [2.24, 2.45) is 0 Å². The predicted octanol–water partition coefficient (Wildman–Crippen LogP) is 3.84. The number of carbonyl (C=O) groups excluding carboxylic acids is 1. The zero-order valence-corrected chi connectivity index (χ0v) is 19.5. The molecule has 0 aliphatic carbocycles. The lowest BCUT2D eigenvalue weighted by molar-refractivity contribution is -0.125. The highest BCUT2D eigenvalue weighted by molar-refractivity contribution is 5.93. The minimum Gasteiger partial charge on any atom is -0.329 e. The Balaban J connectivity index is 1.29. The van der Waals surface area contributed by atoms with Crippen molar-refractivity contribution in [3.63, 3.8) is 0 Å². The Bertz CT molecular complexity index is 1310. The van der Waals surface area contributed by atoms with E-state index in [1.165, 1.54) is 30.5 Å². The van der Waals surface area contributed by atoms with Crippen LogP contribution < -0.4 is 10.9 Å². The molecule has 3 aromatic rings. The SMILES string of the molecule is C[C@@H](C(=O)Nc1cn2c(n1)CC[C@H]2c1cc(F)cc(F)c1)N1CCC(F)(F)[C@H](c2ccc(=O)[nH]c2)C1. The summed E-state index contributed by atoms with van der Waals surface area (Å²) in [5, 5.41) is 2.75. The normalized spacial score (nSPS) is 22.2. The molecule has 2 aliphatic heterocycles. The van der Waals surface area contributed by atoms with E-state index in [0.29, 0.717) is 35.6 Å². The quantitative estimate of drug-likeness (QED) is 0.519. The Hall–Kier alpha value is -3.47. The number of carbonyl (C=O) groups is 1. The van der Waals surface area contributed by atoms with Gasteiger partial charge in [-0.1, -0.05) is 6.07 Å². The predicted molar refractivity (Wildman–Crippen MR) is 124 cm³/mol. The van der Waals surface area contributed by atoms with Crippen LogP contribution in [0.5, 0.6) is 0 Å². The van der Waals surface area contributed by atoms with E-state index in [2.05, 4.69) is 15.3 Å². The van der Waals surface area contributed by atoms with Crippen molar-refractivity contribution >= 4 is 11.7 Å². The molecule has 1 aromatic carbocycles. The second-order valence-corrected chi connectivity index (χ2v) is 9.42. The Morgan fingerprint density at radius 2 is 1.94 bits per heavy atom. The first-order chi connectivity index (χ1) is 17.1. The Kier molecular flexibility index (Phi) is 6.19. The molecule has 2 N–H and O–H groups in total. The fourth-order valence-electron chi connectivity index (χ4n) is 5.11. The smallest absolute Gasteiger partial charge is 0.257 e. The number of amides is 1. The van der Waals surface area contributed by atoms with Gasteiger partial charge in [-0.2, -0.15) is 0 Å². The fourth-order valence-corrected chi connectivity index (χ4v) is 5.11. The number of aromatic nitrogens is 3. The second-order valence-electron chi connectivity index (χ2n) is 9.42. The van der Waals surface area contributed by atoms with Crippen LogP contribution in [-0.2, 0) is 11.2 Å². The molecular weight excluding hydrogens is 478 g/mol. The van der Waals surface area contributed by atoms with Gasteiger partial charge in [-0.15, -0.1) is 0 Å². The van der Waals surface area contributed by atoms with E-state index in [1.807, 2.05) is 0 Å². The number of halogens is 4. The van der Waals surface area contributed by atoms with Crippen molar-refractivity contribution < 1.29 is 22.4 Å². The highest BCUT2D eigenvalue weighted by atomic mass is 19.3. The lowest BCUT2D eigenvalue weighted by atomic mass is 9.87. The molecule has 2 aliphatic rings. The maximum atomic E-state index is 14.7. The average molecular weight is 504 g/mol. The van der Waals surface area contributed by atoms with Gasteiger partial charge >= 0.3 is 0 Å². The number of hydrogen-bond acceptors (Lipinski definition) is 4. The number of hydrogen-bond donors (Lipinski definition) is 2. The highest BCUT2D eigenvalue weighted by Gasteiger charge is 2.46. The average Bonchev–Trinajstić information content (AvgIpc) is 3.39. The largest absolute Gasteiger partial charge is 0.329 e. The number of pyridine rings is 1. The molecule has 4 heterocycles. The number of piperidine rings is 1. The molecule has 0 bridgehead atoms. The van der Waals surface area contributed by atoms with Crippen molar-refractivity contribution in [2.75, 3.05) is 18.4 Å². The van der Waals surface area contributed by atoms with Gasteiger partial charge in [0.05, 0.1) is 18.0 Å². The first kappa shape index (κ1) is 24.2. The molecule has 11 heteroatoms. The lowest BCUT2D eigenvalue weighted by Gasteiger charge is -2.40. The van der Waals surface area contributed by atoms with Crippen LogP contribution in [0, 0.1) is 11.6 Å². The summed E-state index contributed by atoms with van der Waals surface area (Å²) < 4.78 is 58.6. The number of imidazole rings is 1. The number of aromatic amines is 1. The van der Waals surface area contributed by atoms with E-state index in [0.717, 1.165) is 6.07 Å². The summed E-state index contributed by atoms with van der Waals surface area (Å²) in [5.74, 6) is -4.87. The number of benzene rings is 1. The van der Waals surface area contributed by atoms with Crippen LogP contribution in [0.2, 0.25) is 0 Å². The standard InChI is InChI=1S/C25H25F4N5O2/c1-14(33-7-6-25(28,29)19(12-33)15-2-5-23(35)30-11-15)24(36)32-21-13-34-20(3-4-22(34)31-21)16-8-17(26)10-18(27)9-16/h2,5,8-11,13-14,19-20H,3-4,6-7,12H2,1H3,(H,30,35)(H,32,36)/t14-,19-,20-/m0/s1. The number of H-pyrrole nitrogens is 1. The van der Waals surface area contributed by atoms with Gasteiger partial charge in [-0.25, -0.2) is 22.5 Å². The second kappa shape index (κ2) is 9.20. The van der Waals surface area contributed by atoms with Crippen LogP contribution >= 0.6 is 0 Å². The summed E-state index contributed by atoms with van der Waals surface area (Å²) in [6, 6.07) is 4.98. The molecule has 1 fully saturated rings. The molecule has 1 amide bonds. The summed E-state index contributed by atoms with van der Waals surface area (Å²) in [7, 11) is 0. The van der Waals surface area contributed by atoms with E-state index in [9.17, 15) is 27.2 Å². The number of likely N-dealkylation sites (tertiary alicyclic amines) is 1. The third kappa shape index (κ3) is 4.67. The zero-order chi connectivity index (χ0) is 25.6. The maximum Gasteiger partial charge on any atom is 0.257 e. The highest BCUT2D eigenvalue weighted by Crippen LogP contribution is 2.40. The molecule has 36 heavy (non-hydrogen) atoms. The van der Waals surface area contributed by atoms with Crippen LogP contribution in [0.4, 0.5) is 23.4 Å². The number of nitrogens with zero attached hydrogens (tertiary/aromatic N) is 3. The van der Waals surface area contributed by atoms with Gasteiger partial charge in [0, 0.05) is 50.5 Å². The van der Waals surface area contributed by atoms with Crippen molar-refractivity contribution in [3.8, 4) is 0 Å². The number of anilines is 1. The fraction of sp³-hybridized carbons (Fsp3) is 0.400. The number of fused-ring (bicyclic) bond motifs is 1. The minimum atomic E-state index is -2.97. The van der Waals surface area contributed by atoms with Crippen LogP contribution in [0.1, 0.15) is 48.7 Å². The molecule has 0 saturated carbocycles. The van der Waals surface area contributed by atoms with Crippen molar-refractivity contribution in [1.82, 2.24) is 19.4 Å². The number of nitrogens with one attached hydrogen (secondary N) is 2. The Labute approximate surface area is 204 Å². The number of aryl methyl sites for hydroxylation is 1. The van der Waals surface area contributed by atoms with E-state index in [4.69, 9.17) is 0 Å². The summed E-state index contributed by atoms with van der Waals surface area (Å²) in [4.78, 5) is 32.9. The molecule has 0 spiro atoms. The summed E-state index contributed by atoms with van der Waals surface area (Å²) in [5.41, 5.74) is 0.416. The molecule has 0 radical (unpaired) electrons. The molecule has 5 rings (SSSR count). The van der Waals surface area contributed by atoms with Crippen molar-refractivity contribution in [3.05, 3.63) is 81.7 Å². The van der Waals surface area contributed by atoms with Crippen LogP contribution in [-0.4, -0.2) is 50.4 Å². The van der Waals surface area contributed by atoms with Gasteiger partial charge in [0.2, 0.25) is 11.5 Å². The number of alkyl halides is 2. The van der Waals surface area contributed by atoms with Gasteiger partial charge < -0.3 is 14.9 Å². The maximum absolute atomic E-state index is 14.7. The van der Waals surface area contributed by atoms with Gasteiger partial charge in [0.15, 0.2) is 5.82 Å². The third-order valence-corrected chi connectivity index (χ3v) is 7.10. The van der Waals surface area contributed by atoms with Crippen LogP contribution in [0.3, 0.4) is 0 Å². The molecular formula is C25H25F4N5O2. The Morgan fingerprint density at radius 3 is 2.64 bits per heavy atom. The van der Waals surface area contributed by atoms with Gasteiger partial charge in [0.25, 0.3) is 5.92 Å². The molecule has 7 nitrogen and oxygen atoms in total. The minimum absolute atomic E-state index is 0.0361. The van der Waals surface area contributed by atoms with E-state index >= 15 is 0 Å². The van der Waals surface area contributed by atoms with E-state index in [1.54, 1.807) is 22.6 Å². The van der Waals surface area contributed by atoms with E-state index in [-0.39, 0.29) is 24.7 Å². The summed E-state index contributed by atoms with van der Waals surface area (Å²) in [6.45, 7) is 1.62. The van der Waals surface area contributed by atoms with Gasteiger partial charge in [-0.3, -0.25) is 14.5 Å². The number of rotatable bonds is 5. The lowest BCUT2D eigenvalue weighted by Crippen LogP contribution is -2.52. The van der Waals surface area contributed by atoms with Gasteiger partial charge in [-0.05, 0) is 36.6 Å². The Morgan fingerprint density at radius 1 is 1.19 bits per heavy atom. The molecule has 0 unspecified atom stereocenters.